The van der Waals surface area contributed by atoms with Crippen molar-refractivity contribution < 1.29 is 36.2 Å². The number of carboxylic acid groups (broad SMARTS) is 1. The molecule has 1 rings (SSSR count). The Kier molecular flexibility index (Phi) is 3.59. The minimum atomic E-state index is -4.93. The van der Waals surface area contributed by atoms with E-state index in [-0.39, 0.29) is 0 Å². The Hall–Kier alpha value is -1.73. The number of rotatable bonds is 2. The lowest BCUT2D eigenvalue weighted by atomic mass is 10.0. The molecule has 0 spiro atoms. The Morgan fingerprint density at radius 2 is 1.67 bits per heavy atom. The highest BCUT2D eigenvalue weighted by atomic mass is 19.4. The van der Waals surface area contributed by atoms with Crippen LogP contribution >= 0.6 is 0 Å². The maximum absolute atomic E-state index is 12.4. The van der Waals surface area contributed by atoms with Crippen molar-refractivity contribution in [2.24, 2.45) is 0 Å². The van der Waals surface area contributed by atoms with Gasteiger partial charge in [0.1, 0.15) is 0 Å². The summed E-state index contributed by atoms with van der Waals surface area (Å²) in [6, 6.07) is 1.34. The molecule has 0 aliphatic rings. The molecule has 0 bridgehead atoms. The number of carbonyl (C=O) groups is 1. The molecule has 8 heteroatoms. The fourth-order valence-electron chi connectivity index (χ4n) is 1.36. The monoisotopic (exact) mass is 272 g/mol. The van der Waals surface area contributed by atoms with E-state index in [9.17, 15) is 31.1 Å². The van der Waals surface area contributed by atoms with Crippen LogP contribution in [0, 0.1) is 0 Å². The lowest BCUT2D eigenvalue weighted by Gasteiger charge is -2.12. The molecule has 1 aromatic carbocycles. The standard InChI is InChI=1S/C10H6F6O2/c11-9(12,13)4-5-1-2-7(10(14,15)16)6(3-5)8(17)18/h1-3H,4H2,(H,17,18). The molecular weight excluding hydrogens is 266 g/mol. The van der Waals surface area contributed by atoms with Crippen LogP contribution in [-0.4, -0.2) is 17.3 Å². The van der Waals surface area contributed by atoms with Crippen LogP contribution in [0.3, 0.4) is 0 Å². The van der Waals surface area contributed by atoms with E-state index in [0.29, 0.717) is 18.2 Å². The van der Waals surface area contributed by atoms with E-state index in [2.05, 4.69) is 0 Å². The molecule has 0 radical (unpaired) electrons. The van der Waals surface area contributed by atoms with Crippen molar-refractivity contribution in [3.05, 3.63) is 34.9 Å². The minimum Gasteiger partial charge on any atom is -0.478 e. The van der Waals surface area contributed by atoms with Crippen molar-refractivity contribution in [2.75, 3.05) is 0 Å². The summed E-state index contributed by atoms with van der Waals surface area (Å²) >= 11 is 0. The van der Waals surface area contributed by atoms with E-state index < -0.39 is 41.4 Å². The normalized spacial score (nSPS) is 12.6. The molecule has 0 atom stereocenters. The average molecular weight is 272 g/mol. The molecule has 0 saturated carbocycles. The summed E-state index contributed by atoms with van der Waals surface area (Å²) in [4.78, 5) is 10.6. The number of benzene rings is 1. The molecule has 0 heterocycles. The third kappa shape index (κ3) is 3.64. The van der Waals surface area contributed by atoms with Crippen LogP contribution in [0.25, 0.3) is 0 Å². The maximum Gasteiger partial charge on any atom is 0.417 e. The molecule has 1 N–H and O–H groups in total. The summed E-state index contributed by atoms with van der Waals surface area (Å²) in [6.45, 7) is 0. The van der Waals surface area contributed by atoms with Crippen molar-refractivity contribution in [3.63, 3.8) is 0 Å². The topological polar surface area (TPSA) is 37.3 Å². The van der Waals surface area contributed by atoms with Gasteiger partial charge in [0, 0.05) is 0 Å². The van der Waals surface area contributed by atoms with Gasteiger partial charge in [-0.15, -0.1) is 0 Å². The van der Waals surface area contributed by atoms with E-state index in [4.69, 9.17) is 5.11 Å². The van der Waals surface area contributed by atoms with E-state index >= 15 is 0 Å². The Bertz CT molecular complexity index is 460. The van der Waals surface area contributed by atoms with Crippen LogP contribution in [0.4, 0.5) is 26.3 Å². The van der Waals surface area contributed by atoms with Crippen LogP contribution < -0.4 is 0 Å². The molecule has 0 aliphatic carbocycles. The predicted octanol–water partition coefficient (Wildman–Crippen LogP) is 3.51. The summed E-state index contributed by atoms with van der Waals surface area (Å²) in [5, 5.41) is 8.57. The number of halogens is 6. The molecule has 0 unspecified atom stereocenters. The second kappa shape index (κ2) is 4.51. The Morgan fingerprint density at radius 3 is 2.06 bits per heavy atom. The quantitative estimate of drug-likeness (QED) is 0.836. The zero-order valence-corrected chi connectivity index (χ0v) is 8.56. The lowest BCUT2D eigenvalue weighted by molar-refractivity contribution is -0.138. The molecule has 100 valence electrons. The second-order valence-electron chi connectivity index (χ2n) is 3.47. The molecular formula is C10H6F6O2. The molecule has 2 nitrogen and oxygen atoms in total. The van der Waals surface area contributed by atoms with Crippen molar-refractivity contribution >= 4 is 5.97 Å². The van der Waals surface area contributed by atoms with Gasteiger partial charge in [0.15, 0.2) is 0 Å². The first kappa shape index (κ1) is 14.3. The number of hydrogen-bond acceptors (Lipinski definition) is 1. The third-order valence-corrected chi connectivity index (χ3v) is 2.02. The first-order valence-electron chi connectivity index (χ1n) is 4.51. The second-order valence-corrected chi connectivity index (χ2v) is 3.47. The zero-order valence-electron chi connectivity index (χ0n) is 8.56. The SMILES string of the molecule is O=C(O)c1cc(CC(F)(F)F)ccc1C(F)(F)F. The van der Waals surface area contributed by atoms with Crippen molar-refractivity contribution in [1.82, 2.24) is 0 Å². The molecule has 0 amide bonds. The van der Waals surface area contributed by atoms with Crippen LogP contribution in [0.2, 0.25) is 0 Å². The number of alkyl halides is 6. The lowest BCUT2D eigenvalue weighted by Crippen LogP contribution is -2.16. The summed E-state index contributed by atoms with van der Waals surface area (Å²) in [7, 11) is 0. The fourth-order valence-corrected chi connectivity index (χ4v) is 1.36. The minimum absolute atomic E-state index is 0.338. The smallest absolute Gasteiger partial charge is 0.417 e. The van der Waals surface area contributed by atoms with Gasteiger partial charge < -0.3 is 5.11 Å². The van der Waals surface area contributed by atoms with Crippen LogP contribution in [-0.2, 0) is 12.6 Å². The van der Waals surface area contributed by atoms with Gasteiger partial charge in [-0.3, -0.25) is 0 Å². The maximum atomic E-state index is 12.4. The summed E-state index contributed by atoms with van der Waals surface area (Å²) in [5.41, 5.74) is -3.20. The van der Waals surface area contributed by atoms with Gasteiger partial charge in [-0.2, -0.15) is 26.3 Å². The average Bonchev–Trinajstić information content (AvgIpc) is 2.12. The van der Waals surface area contributed by atoms with Crippen molar-refractivity contribution in [2.45, 2.75) is 18.8 Å². The van der Waals surface area contributed by atoms with E-state index in [1.807, 2.05) is 0 Å². The molecule has 18 heavy (non-hydrogen) atoms. The summed E-state index contributed by atoms with van der Waals surface area (Å²) in [6.07, 6.45) is -11.0. The van der Waals surface area contributed by atoms with E-state index in [1.54, 1.807) is 0 Å². The van der Waals surface area contributed by atoms with Crippen molar-refractivity contribution in [1.29, 1.82) is 0 Å². The molecule has 0 fully saturated rings. The predicted molar refractivity (Wildman–Crippen MR) is 48.2 cm³/mol. The van der Waals surface area contributed by atoms with Gasteiger partial charge in [-0.1, -0.05) is 6.07 Å². The first-order chi connectivity index (χ1) is 8.00. The summed E-state index contributed by atoms with van der Waals surface area (Å²) < 4.78 is 73.3. The third-order valence-electron chi connectivity index (χ3n) is 2.02. The number of carboxylic acids is 1. The highest BCUT2D eigenvalue weighted by molar-refractivity contribution is 5.89. The Morgan fingerprint density at radius 1 is 1.11 bits per heavy atom. The fraction of sp³-hybridized carbons (Fsp3) is 0.300. The first-order valence-corrected chi connectivity index (χ1v) is 4.51. The van der Waals surface area contributed by atoms with Crippen LogP contribution in [0.5, 0.6) is 0 Å². The molecule has 0 aromatic heterocycles. The molecule has 0 saturated heterocycles. The van der Waals surface area contributed by atoms with Gasteiger partial charge in [0.2, 0.25) is 0 Å². The van der Waals surface area contributed by atoms with Crippen LogP contribution in [0.15, 0.2) is 18.2 Å². The van der Waals surface area contributed by atoms with E-state index in [1.165, 1.54) is 0 Å². The van der Waals surface area contributed by atoms with Crippen LogP contribution in [0.1, 0.15) is 21.5 Å². The van der Waals surface area contributed by atoms with Gasteiger partial charge in [-0.25, -0.2) is 4.79 Å². The molecule has 1 aromatic rings. The summed E-state index contributed by atoms with van der Waals surface area (Å²) in [5.74, 6) is -1.92. The van der Waals surface area contributed by atoms with Gasteiger partial charge in [0.25, 0.3) is 0 Å². The number of aromatic carboxylic acids is 1. The van der Waals surface area contributed by atoms with E-state index in [0.717, 1.165) is 0 Å². The molecule has 0 aliphatic heterocycles. The van der Waals surface area contributed by atoms with Gasteiger partial charge in [0.05, 0.1) is 17.5 Å². The Labute approximate surface area is 96.8 Å². The number of hydrogen-bond donors (Lipinski definition) is 1. The Balaban J connectivity index is 3.24. The van der Waals surface area contributed by atoms with Gasteiger partial charge >= 0.3 is 18.3 Å². The highest BCUT2D eigenvalue weighted by Gasteiger charge is 2.36. The highest BCUT2D eigenvalue weighted by Crippen LogP contribution is 2.33. The van der Waals surface area contributed by atoms with Gasteiger partial charge in [-0.05, 0) is 17.7 Å². The zero-order chi connectivity index (χ0) is 14.1. The van der Waals surface area contributed by atoms with Crippen molar-refractivity contribution in [3.8, 4) is 0 Å². The largest absolute Gasteiger partial charge is 0.478 e.